The molecule has 0 aliphatic carbocycles. The van der Waals surface area contributed by atoms with Crippen LogP contribution in [0.4, 0.5) is 0 Å². The second kappa shape index (κ2) is 8.08. The molecule has 0 aromatic heterocycles. The van der Waals surface area contributed by atoms with Gasteiger partial charge in [-0.3, -0.25) is 0 Å². The van der Waals surface area contributed by atoms with E-state index < -0.39 is 41.4 Å². The number of aliphatic hydroxyl groups excluding tert-OH is 4. The second-order valence-electron chi connectivity index (χ2n) is 2.53. The predicted molar refractivity (Wildman–Crippen MR) is 45.6 cm³/mol. The monoisotopic (exact) mass is 261 g/mol. The molecule has 0 bridgehead atoms. The van der Waals surface area contributed by atoms with Crippen LogP contribution in [-0.4, -0.2) is 50.3 Å². The first-order chi connectivity index (χ1) is 7.31. The van der Waals surface area contributed by atoms with E-state index in [1.807, 2.05) is 0 Å². The average molecular weight is 261 g/mol. The quantitative estimate of drug-likeness (QED) is 0.165. The molecule has 0 fully saturated rings. The molecular weight excluding hydrogens is 253 g/mol. The zero-order valence-corrected chi connectivity index (χ0v) is 10.6. The van der Waals surface area contributed by atoms with E-state index >= 15 is 0 Å². The molecule has 11 heteroatoms. The van der Waals surface area contributed by atoms with Gasteiger partial charge in [0.1, 0.15) is 6.10 Å². The van der Waals surface area contributed by atoms with Crippen LogP contribution in [0.1, 0.15) is 0 Å². The SMILES string of the molecule is O=C1O[C@H](C(O)CO)C(O)=C1O.O=[N+]([O-])[O-].[Na+]. The van der Waals surface area contributed by atoms with Crippen molar-refractivity contribution in [3.8, 4) is 0 Å². The van der Waals surface area contributed by atoms with Gasteiger partial charge in [0.25, 0.3) is 0 Å². The summed E-state index contributed by atoms with van der Waals surface area (Å²) in [5.74, 6) is -2.78. The molecule has 0 spiro atoms. The molecule has 1 unspecified atom stereocenters. The zero-order chi connectivity index (χ0) is 12.9. The number of nitrogens with zero attached hydrogens (tertiary/aromatic N) is 1. The Morgan fingerprint density at radius 3 is 2.06 bits per heavy atom. The smallest absolute Gasteiger partial charge is 0.505 e. The van der Waals surface area contributed by atoms with Crippen LogP contribution in [0.5, 0.6) is 0 Å². The van der Waals surface area contributed by atoms with Crippen LogP contribution in [0, 0.1) is 15.3 Å². The van der Waals surface area contributed by atoms with Gasteiger partial charge in [-0.2, -0.15) is 0 Å². The Balaban J connectivity index is 0. The molecule has 1 heterocycles. The number of rotatable bonds is 2. The first kappa shape index (κ1) is 18.3. The Morgan fingerprint density at radius 1 is 1.41 bits per heavy atom. The van der Waals surface area contributed by atoms with E-state index in [4.69, 9.17) is 35.7 Å². The topological polar surface area (TPSA) is 173 Å². The molecule has 0 aromatic carbocycles. The molecule has 0 saturated heterocycles. The minimum absolute atomic E-state index is 0. The van der Waals surface area contributed by atoms with Crippen LogP contribution in [0.25, 0.3) is 0 Å². The fourth-order valence-electron chi connectivity index (χ4n) is 0.823. The van der Waals surface area contributed by atoms with Crippen molar-refractivity contribution in [3.05, 3.63) is 26.8 Å². The number of cyclic esters (lactones) is 1. The number of carbonyl (C=O) groups excluding carboxylic acids is 1. The van der Waals surface area contributed by atoms with Gasteiger partial charge in [-0.15, -0.1) is 0 Å². The minimum atomic E-state index is -1.75. The molecule has 0 radical (unpaired) electrons. The summed E-state index contributed by atoms with van der Waals surface area (Å²) in [4.78, 5) is 18.8. The van der Waals surface area contributed by atoms with E-state index in [2.05, 4.69) is 4.74 Å². The van der Waals surface area contributed by atoms with Gasteiger partial charge in [-0.25, -0.2) is 4.79 Å². The molecule has 92 valence electrons. The number of carbonyl (C=O) groups is 1. The van der Waals surface area contributed by atoms with Crippen LogP contribution in [0.15, 0.2) is 11.5 Å². The van der Waals surface area contributed by atoms with Gasteiger partial charge in [-0.05, 0) is 0 Å². The Hall–Kier alpha value is -1.07. The first-order valence-electron chi connectivity index (χ1n) is 3.74. The van der Waals surface area contributed by atoms with Crippen molar-refractivity contribution < 1.29 is 64.6 Å². The summed E-state index contributed by atoms with van der Waals surface area (Å²) in [5, 5.41) is 49.8. The van der Waals surface area contributed by atoms with Crippen LogP contribution >= 0.6 is 0 Å². The third-order valence-corrected chi connectivity index (χ3v) is 1.48. The van der Waals surface area contributed by atoms with Crippen molar-refractivity contribution in [2.75, 3.05) is 6.61 Å². The maximum Gasteiger partial charge on any atom is 1.00 e. The van der Waals surface area contributed by atoms with Gasteiger partial charge >= 0.3 is 35.5 Å². The normalized spacial score (nSPS) is 19.6. The summed E-state index contributed by atoms with van der Waals surface area (Å²) in [7, 11) is 0. The fourth-order valence-corrected chi connectivity index (χ4v) is 0.823. The van der Waals surface area contributed by atoms with Gasteiger partial charge in [0.2, 0.25) is 5.76 Å². The molecule has 1 rings (SSSR count). The zero-order valence-electron chi connectivity index (χ0n) is 8.64. The third-order valence-electron chi connectivity index (χ3n) is 1.48. The summed E-state index contributed by atoms with van der Waals surface area (Å²) >= 11 is 0. The van der Waals surface area contributed by atoms with Gasteiger partial charge in [0, 0.05) is 0 Å². The van der Waals surface area contributed by atoms with Gasteiger partial charge < -0.3 is 40.5 Å². The van der Waals surface area contributed by atoms with Gasteiger partial charge in [0.05, 0.1) is 11.7 Å². The van der Waals surface area contributed by atoms with Gasteiger partial charge in [-0.1, -0.05) is 0 Å². The van der Waals surface area contributed by atoms with Crippen molar-refractivity contribution in [2.24, 2.45) is 0 Å². The van der Waals surface area contributed by atoms with Crippen molar-refractivity contribution in [3.63, 3.8) is 0 Å². The Bertz CT molecular complexity index is 313. The number of ether oxygens (including phenoxy) is 1. The number of esters is 1. The van der Waals surface area contributed by atoms with Crippen molar-refractivity contribution in [1.82, 2.24) is 0 Å². The molecule has 1 aliphatic heterocycles. The fraction of sp³-hybridized carbons (Fsp3) is 0.500. The van der Waals surface area contributed by atoms with E-state index in [1.165, 1.54) is 0 Å². The maximum atomic E-state index is 10.5. The summed E-state index contributed by atoms with van der Waals surface area (Å²) in [6.07, 6.45) is -2.78. The van der Waals surface area contributed by atoms with E-state index in [1.54, 1.807) is 0 Å². The molecule has 1 aliphatic rings. The van der Waals surface area contributed by atoms with E-state index in [9.17, 15) is 4.79 Å². The van der Waals surface area contributed by atoms with Crippen molar-refractivity contribution >= 4 is 5.97 Å². The van der Waals surface area contributed by atoms with Crippen molar-refractivity contribution in [2.45, 2.75) is 12.2 Å². The van der Waals surface area contributed by atoms with Crippen LogP contribution in [0.2, 0.25) is 0 Å². The Morgan fingerprint density at radius 2 is 1.82 bits per heavy atom. The number of aliphatic hydroxyl groups is 4. The first-order valence-corrected chi connectivity index (χ1v) is 3.74. The largest absolute Gasteiger partial charge is 1.00 e. The van der Waals surface area contributed by atoms with E-state index in [0.717, 1.165) is 0 Å². The van der Waals surface area contributed by atoms with E-state index in [0.29, 0.717) is 0 Å². The number of hydrogen-bond acceptors (Lipinski definition) is 9. The molecule has 2 atom stereocenters. The molecule has 0 saturated carbocycles. The molecule has 0 aromatic rings. The van der Waals surface area contributed by atoms with Gasteiger partial charge in [0.15, 0.2) is 11.9 Å². The molecule has 10 nitrogen and oxygen atoms in total. The van der Waals surface area contributed by atoms with Crippen LogP contribution in [-0.2, 0) is 9.53 Å². The van der Waals surface area contributed by atoms with E-state index in [-0.39, 0.29) is 29.6 Å². The molecular formula is C6H8NNaO9. The summed E-state index contributed by atoms with van der Waals surface area (Å²) in [6.45, 7) is -0.671. The van der Waals surface area contributed by atoms with Crippen LogP contribution < -0.4 is 29.6 Å². The molecule has 4 N–H and O–H groups in total. The number of hydrogen-bond donors (Lipinski definition) is 4. The Kier molecular flexibility index (Phi) is 8.70. The van der Waals surface area contributed by atoms with Crippen LogP contribution in [0.3, 0.4) is 0 Å². The third kappa shape index (κ3) is 5.70. The Labute approximate surface area is 116 Å². The molecule has 17 heavy (non-hydrogen) atoms. The van der Waals surface area contributed by atoms with Crippen molar-refractivity contribution in [1.29, 1.82) is 0 Å². The summed E-state index contributed by atoms with van der Waals surface area (Å²) in [6, 6.07) is 0. The maximum absolute atomic E-state index is 10.5. The average Bonchev–Trinajstić information content (AvgIpc) is 2.44. The summed E-state index contributed by atoms with van der Waals surface area (Å²) in [5.41, 5.74) is 0. The minimum Gasteiger partial charge on any atom is -0.505 e. The molecule has 0 amide bonds. The standard InChI is InChI=1S/C6H8O6.NO3.Na/c7-1-2(8)5-3(9)4(10)6(11)12-5;2-1(3)4;/h2,5,7-10H,1H2;;/q;-1;+1/t2?,5-;;/m1../s1. The second-order valence-corrected chi connectivity index (χ2v) is 2.53. The predicted octanol–water partition coefficient (Wildman–Crippen LogP) is -4.64. The summed E-state index contributed by atoms with van der Waals surface area (Å²) < 4.78 is 4.32.